The number of rotatable bonds is 9. The molecule has 2 aromatic carbocycles. The quantitative estimate of drug-likeness (QED) is 0.292. The zero-order valence-corrected chi connectivity index (χ0v) is 20.9. The van der Waals surface area contributed by atoms with Crippen LogP contribution < -0.4 is 10.1 Å². The first-order chi connectivity index (χ1) is 16.5. The van der Waals surface area contributed by atoms with Crippen LogP contribution in [0.15, 0.2) is 65.0 Å². The van der Waals surface area contributed by atoms with Crippen LogP contribution in [-0.2, 0) is 16.1 Å². The molecule has 1 atom stereocenters. The fourth-order valence-electron chi connectivity index (χ4n) is 3.71. The maximum Gasteiger partial charge on any atom is 0.338 e. The van der Waals surface area contributed by atoms with Crippen LogP contribution in [0.25, 0.3) is 0 Å². The van der Waals surface area contributed by atoms with Gasteiger partial charge in [-0.3, -0.25) is 0 Å². The van der Waals surface area contributed by atoms with E-state index in [1.807, 2.05) is 62.4 Å². The summed E-state index contributed by atoms with van der Waals surface area (Å²) in [4.78, 5) is 17.6. The minimum Gasteiger partial charge on any atom is -0.489 e. The second-order valence-corrected chi connectivity index (χ2v) is 9.45. The molecule has 0 aliphatic carbocycles. The summed E-state index contributed by atoms with van der Waals surface area (Å²) in [5, 5.41) is 9.23. The average Bonchev–Trinajstić information content (AvgIpc) is 3.23. The number of allylic oxidation sites excluding steroid dienone is 1. The van der Waals surface area contributed by atoms with Crippen LogP contribution in [0, 0.1) is 0 Å². The maximum atomic E-state index is 13.0. The van der Waals surface area contributed by atoms with E-state index in [0.29, 0.717) is 40.6 Å². The minimum atomic E-state index is -0.457. The highest BCUT2D eigenvalue weighted by molar-refractivity contribution is 7.99. The molecule has 1 N–H and O–H groups in total. The lowest BCUT2D eigenvalue weighted by Gasteiger charge is -2.28. The van der Waals surface area contributed by atoms with E-state index in [9.17, 15) is 4.79 Å². The van der Waals surface area contributed by atoms with Gasteiger partial charge in [-0.05, 0) is 54.5 Å². The van der Waals surface area contributed by atoms with Crippen molar-refractivity contribution in [1.82, 2.24) is 14.8 Å². The number of ether oxygens (including phenoxy) is 2. The van der Waals surface area contributed by atoms with E-state index in [1.165, 1.54) is 0 Å². The van der Waals surface area contributed by atoms with Gasteiger partial charge in [0.2, 0.25) is 11.1 Å². The molecule has 2 heterocycles. The van der Waals surface area contributed by atoms with Crippen molar-refractivity contribution >= 4 is 35.3 Å². The predicted molar refractivity (Wildman–Crippen MR) is 134 cm³/mol. The Labute approximate surface area is 208 Å². The molecule has 0 bridgehead atoms. The Morgan fingerprint density at radius 3 is 2.71 bits per heavy atom. The lowest BCUT2D eigenvalue weighted by Crippen LogP contribution is -2.29. The van der Waals surface area contributed by atoms with Crippen LogP contribution in [0.5, 0.6) is 5.75 Å². The van der Waals surface area contributed by atoms with Gasteiger partial charge in [-0.2, -0.15) is 4.98 Å². The molecule has 3 aromatic rings. The molecule has 9 heteroatoms. The van der Waals surface area contributed by atoms with Crippen molar-refractivity contribution in [2.45, 2.75) is 45.0 Å². The van der Waals surface area contributed by atoms with Crippen LogP contribution in [0.4, 0.5) is 5.95 Å². The number of halogens is 1. The van der Waals surface area contributed by atoms with Crippen LogP contribution in [0.2, 0.25) is 5.02 Å². The molecular formula is C25H27ClN4O3S. The van der Waals surface area contributed by atoms with Crippen molar-refractivity contribution in [2.24, 2.45) is 0 Å². The molecule has 0 saturated heterocycles. The number of esters is 1. The SMILES string of the molecule is CCCOC(=O)C1=C(C)Nc2nc(SCC)nn2C1c1ccc(OCc2cccc(Cl)c2)cc1. The molecule has 1 aliphatic heterocycles. The zero-order valence-electron chi connectivity index (χ0n) is 19.4. The third-order valence-electron chi connectivity index (χ3n) is 5.25. The first kappa shape index (κ1) is 24.2. The van der Waals surface area contributed by atoms with E-state index in [2.05, 4.69) is 22.3 Å². The highest BCUT2D eigenvalue weighted by atomic mass is 35.5. The van der Waals surface area contributed by atoms with Gasteiger partial charge in [0.05, 0.1) is 12.2 Å². The first-order valence-corrected chi connectivity index (χ1v) is 12.6. The molecule has 0 amide bonds. The van der Waals surface area contributed by atoms with Crippen molar-refractivity contribution in [3.05, 3.63) is 76.0 Å². The number of hydrogen-bond donors (Lipinski definition) is 1. The Morgan fingerprint density at radius 1 is 1.21 bits per heavy atom. The van der Waals surface area contributed by atoms with E-state index < -0.39 is 6.04 Å². The van der Waals surface area contributed by atoms with Crippen molar-refractivity contribution in [3.8, 4) is 5.75 Å². The van der Waals surface area contributed by atoms with Gasteiger partial charge in [-0.25, -0.2) is 9.48 Å². The predicted octanol–water partition coefficient (Wildman–Crippen LogP) is 5.86. The molecule has 1 aromatic heterocycles. The van der Waals surface area contributed by atoms with E-state index >= 15 is 0 Å². The van der Waals surface area contributed by atoms with Crippen LogP contribution in [0.3, 0.4) is 0 Å². The van der Waals surface area contributed by atoms with E-state index in [1.54, 1.807) is 16.4 Å². The number of nitrogens with one attached hydrogen (secondary N) is 1. The van der Waals surface area contributed by atoms with Crippen molar-refractivity contribution in [2.75, 3.05) is 17.7 Å². The monoisotopic (exact) mass is 498 g/mol. The lowest BCUT2D eigenvalue weighted by molar-refractivity contribution is -0.139. The van der Waals surface area contributed by atoms with Crippen LogP contribution in [-0.4, -0.2) is 33.1 Å². The van der Waals surface area contributed by atoms with Crippen molar-refractivity contribution in [3.63, 3.8) is 0 Å². The molecule has 0 saturated carbocycles. The molecule has 1 unspecified atom stereocenters. The maximum absolute atomic E-state index is 13.0. The average molecular weight is 499 g/mol. The second-order valence-electron chi connectivity index (χ2n) is 7.79. The number of thioether (sulfide) groups is 1. The number of benzene rings is 2. The van der Waals surface area contributed by atoms with Gasteiger partial charge in [0.15, 0.2) is 0 Å². The van der Waals surface area contributed by atoms with Crippen LogP contribution >= 0.6 is 23.4 Å². The number of hydrogen-bond acceptors (Lipinski definition) is 7. The largest absolute Gasteiger partial charge is 0.489 e. The fraction of sp³-hybridized carbons (Fsp3) is 0.320. The Balaban J connectivity index is 1.62. The third-order valence-corrected chi connectivity index (χ3v) is 6.21. The minimum absolute atomic E-state index is 0.357. The summed E-state index contributed by atoms with van der Waals surface area (Å²) in [6.45, 7) is 6.65. The molecule has 0 fully saturated rings. The molecular weight excluding hydrogens is 472 g/mol. The highest BCUT2D eigenvalue weighted by Gasteiger charge is 2.35. The van der Waals surface area contributed by atoms with Crippen molar-refractivity contribution < 1.29 is 14.3 Å². The van der Waals surface area contributed by atoms with Gasteiger partial charge in [0.25, 0.3) is 0 Å². The molecule has 178 valence electrons. The van der Waals surface area contributed by atoms with Gasteiger partial charge >= 0.3 is 5.97 Å². The van der Waals surface area contributed by atoms with Gasteiger partial charge in [-0.1, -0.05) is 61.5 Å². The van der Waals surface area contributed by atoms with Gasteiger partial charge in [-0.15, -0.1) is 5.10 Å². The Morgan fingerprint density at radius 2 is 2.00 bits per heavy atom. The Kier molecular flexibility index (Phi) is 7.80. The van der Waals surface area contributed by atoms with Gasteiger partial charge in [0.1, 0.15) is 18.4 Å². The fourth-order valence-corrected chi connectivity index (χ4v) is 4.47. The molecule has 7 nitrogen and oxygen atoms in total. The van der Waals surface area contributed by atoms with Crippen molar-refractivity contribution in [1.29, 1.82) is 0 Å². The lowest BCUT2D eigenvalue weighted by atomic mass is 9.96. The Hall–Kier alpha value is -2.97. The molecule has 0 spiro atoms. The first-order valence-electron chi connectivity index (χ1n) is 11.2. The summed E-state index contributed by atoms with van der Waals surface area (Å²) in [6, 6.07) is 14.8. The smallest absolute Gasteiger partial charge is 0.338 e. The standard InChI is InChI=1S/C25H27ClN4O3S/c1-4-13-32-23(31)21-16(3)27-24-28-25(34-5-2)29-30(24)22(21)18-9-11-20(12-10-18)33-15-17-7-6-8-19(26)14-17/h6-12,14,22H,4-5,13,15H2,1-3H3,(H,27,28,29). The summed E-state index contributed by atoms with van der Waals surface area (Å²) >= 11 is 7.61. The normalized spacial score (nSPS) is 15.0. The topological polar surface area (TPSA) is 78.3 Å². The summed E-state index contributed by atoms with van der Waals surface area (Å²) in [5.41, 5.74) is 3.10. The van der Waals surface area contributed by atoms with Gasteiger partial charge < -0.3 is 14.8 Å². The molecule has 1 aliphatic rings. The second kappa shape index (κ2) is 11.0. The van der Waals surface area contributed by atoms with Crippen LogP contribution in [0.1, 0.15) is 44.4 Å². The molecule has 0 radical (unpaired) electrons. The number of aromatic nitrogens is 3. The third kappa shape index (κ3) is 5.39. The number of carbonyl (C=O) groups is 1. The molecule has 34 heavy (non-hydrogen) atoms. The number of nitrogens with zero attached hydrogens (tertiary/aromatic N) is 3. The summed E-state index contributed by atoms with van der Waals surface area (Å²) in [5.74, 6) is 1.81. The zero-order chi connectivity index (χ0) is 24.1. The number of fused-ring (bicyclic) bond motifs is 1. The molecule has 4 rings (SSSR count). The number of carbonyl (C=O) groups excluding carboxylic acids is 1. The Bertz CT molecular complexity index is 1190. The summed E-state index contributed by atoms with van der Waals surface area (Å²) < 4.78 is 13.2. The highest BCUT2D eigenvalue weighted by Crippen LogP contribution is 2.37. The van der Waals surface area contributed by atoms with E-state index in [0.717, 1.165) is 29.1 Å². The summed E-state index contributed by atoms with van der Waals surface area (Å²) in [6.07, 6.45) is 0.751. The van der Waals surface area contributed by atoms with E-state index in [4.69, 9.17) is 21.1 Å². The van der Waals surface area contributed by atoms with E-state index in [-0.39, 0.29) is 5.97 Å². The van der Waals surface area contributed by atoms with Gasteiger partial charge in [0, 0.05) is 10.7 Å². The summed E-state index contributed by atoms with van der Waals surface area (Å²) in [7, 11) is 0. The number of anilines is 1.